The molecule has 0 fully saturated rings. The molecular weight excluding hydrogens is 985 g/mol. The molecule has 0 aromatic carbocycles. The molecule has 0 aromatic rings. The summed E-state index contributed by atoms with van der Waals surface area (Å²) in [6.45, 7) is 6.72. The number of allylic oxidation sites excluding steroid dienone is 4. The summed E-state index contributed by atoms with van der Waals surface area (Å²) in [5.74, 6) is -0.836. The summed E-state index contributed by atoms with van der Waals surface area (Å²) < 4.78 is 17.0. The molecule has 1 unspecified atom stereocenters. The fourth-order valence-corrected chi connectivity index (χ4v) is 11.2. The van der Waals surface area contributed by atoms with Gasteiger partial charge in [-0.3, -0.25) is 14.4 Å². The van der Waals surface area contributed by atoms with Crippen molar-refractivity contribution in [3.8, 4) is 0 Å². The van der Waals surface area contributed by atoms with Gasteiger partial charge in [0.25, 0.3) is 0 Å². The lowest BCUT2D eigenvalue weighted by Gasteiger charge is -2.18. The predicted molar refractivity (Wildman–Crippen MR) is 349 cm³/mol. The highest BCUT2D eigenvalue weighted by atomic mass is 16.6. The molecule has 0 saturated carbocycles. The molecule has 0 aliphatic heterocycles. The molecule has 0 heterocycles. The largest absolute Gasteiger partial charge is 0.462 e. The van der Waals surface area contributed by atoms with Crippen molar-refractivity contribution in [2.24, 2.45) is 0 Å². The molecule has 0 aliphatic carbocycles. The molecule has 0 rings (SSSR count). The Morgan fingerprint density at radius 3 is 0.625 bits per heavy atom. The van der Waals surface area contributed by atoms with Crippen LogP contribution in [0.25, 0.3) is 0 Å². The predicted octanol–water partition coefficient (Wildman–Crippen LogP) is 25.0. The molecule has 0 bridgehead atoms. The third kappa shape index (κ3) is 66.7. The van der Waals surface area contributed by atoms with Crippen LogP contribution < -0.4 is 0 Å². The Kier molecular flexibility index (Phi) is 67.6. The van der Waals surface area contributed by atoms with E-state index in [1.807, 2.05) is 0 Å². The van der Waals surface area contributed by atoms with Gasteiger partial charge in [0.05, 0.1) is 0 Å². The molecule has 0 N–H and O–H groups in total. The molecule has 0 amide bonds. The van der Waals surface area contributed by atoms with Crippen LogP contribution in [-0.2, 0) is 28.6 Å². The van der Waals surface area contributed by atoms with Gasteiger partial charge in [-0.05, 0) is 70.6 Å². The van der Waals surface area contributed by atoms with E-state index in [2.05, 4.69) is 45.1 Å². The molecule has 472 valence electrons. The molecule has 0 aliphatic rings. The molecule has 6 heteroatoms. The van der Waals surface area contributed by atoms with Crippen molar-refractivity contribution >= 4 is 17.9 Å². The summed E-state index contributed by atoms with van der Waals surface area (Å²) in [5, 5.41) is 0. The number of rotatable bonds is 68. The highest BCUT2D eigenvalue weighted by Crippen LogP contribution is 2.19. The van der Waals surface area contributed by atoms with Gasteiger partial charge in [-0.2, -0.15) is 0 Å². The third-order valence-electron chi connectivity index (χ3n) is 16.7. The Labute approximate surface area is 500 Å². The van der Waals surface area contributed by atoms with Crippen LogP contribution in [-0.4, -0.2) is 37.2 Å². The van der Waals surface area contributed by atoms with Crippen molar-refractivity contribution in [3.05, 3.63) is 24.3 Å². The summed E-state index contributed by atoms with van der Waals surface area (Å²) in [6, 6.07) is 0. The molecule has 0 spiro atoms. The standard InChI is InChI=1S/C74H140O6/c1-4-7-10-13-16-19-22-25-28-31-33-34-35-36-37-38-39-40-41-44-46-49-52-55-58-61-64-67-73(76)79-70-71(69-78-72(75)66-63-60-57-54-51-48-45-42-30-27-24-21-18-15-12-9-6-3)80-74(77)68-65-62-59-56-53-50-47-43-32-29-26-23-20-17-14-11-8-5-2/h27,30-31,33,71H,4-26,28-29,32,34-70H2,1-3H3/b30-27-,33-31-. The molecule has 6 nitrogen and oxygen atoms in total. The van der Waals surface area contributed by atoms with Crippen LogP contribution in [0.5, 0.6) is 0 Å². The second-order valence-corrected chi connectivity index (χ2v) is 24.9. The van der Waals surface area contributed by atoms with Crippen LogP contribution in [0, 0.1) is 0 Å². The van der Waals surface area contributed by atoms with Crippen LogP contribution in [0.15, 0.2) is 24.3 Å². The van der Waals surface area contributed by atoms with E-state index in [4.69, 9.17) is 14.2 Å². The minimum Gasteiger partial charge on any atom is -0.462 e. The summed E-state index contributed by atoms with van der Waals surface area (Å²) >= 11 is 0. The molecule has 0 saturated heterocycles. The Hall–Kier alpha value is -2.11. The van der Waals surface area contributed by atoms with E-state index in [-0.39, 0.29) is 31.1 Å². The minimum absolute atomic E-state index is 0.0663. The zero-order chi connectivity index (χ0) is 57.8. The minimum atomic E-state index is -0.770. The first-order chi connectivity index (χ1) is 39.5. The van der Waals surface area contributed by atoms with Crippen molar-refractivity contribution in [1.82, 2.24) is 0 Å². The van der Waals surface area contributed by atoms with Crippen molar-refractivity contribution in [1.29, 1.82) is 0 Å². The van der Waals surface area contributed by atoms with E-state index in [1.165, 1.54) is 315 Å². The number of carbonyl (C=O) groups excluding carboxylic acids is 3. The lowest BCUT2D eigenvalue weighted by atomic mass is 10.0. The van der Waals surface area contributed by atoms with Crippen LogP contribution in [0.4, 0.5) is 0 Å². The smallest absolute Gasteiger partial charge is 0.306 e. The van der Waals surface area contributed by atoms with Gasteiger partial charge < -0.3 is 14.2 Å². The van der Waals surface area contributed by atoms with Gasteiger partial charge in [0.2, 0.25) is 0 Å². The number of hydrogen-bond acceptors (Lipinski definition) is 6. The van der Waals surface area contributed by atoms with Crippen LogP contribution in [0.3, 0.4) is 0 Å². The van der Waals surface area contributed by atoms with Crippen molar-refractivity contribution in [2.75, 3.05) is 13.2 Å². The van der Waals surface area contributed by atoms with Gasteiger partial charge in [-0.15, -0.1) is 0 Å². The first-order valence-electron chi connectivity index (χ1n) is 36.3. The van der Waals surface area contributed by atoms with Gasteiger partial charge >= 0.3 is 17.9 Å². The first kappa shape index (κ1) is 77.9. The average molecular weight is 1130 g/mol. The summed E-state index contributed by atoms with van der Waals surface area (Å²) in [4.78, 5) is 38.5. The van der Waals surface area contributed by atoms with Gasteiger partial charge in [-0.25, -0.2) is 0 Å². The third-order valence-corrected chi connectivity index (χ3v) is 16.7. The summed E-state index contributed by atoms with van der Waals surface area (Å²) in [6.07, 6.45) is 85.0. The SMILES string of the molecule is CCCCCCCC/C=C\CCCCCCCCCC(=O)OCC(COC(=O)CCCCCCCCCCCCCCCCC/C=C\CCCCCCCCCC)OC(=O)CCCCCCCCCCCCCCCCCCCC. The zero-order valence-electron chi connectivity index (χ0n) is 54.4. The average Bonchev–Trinajstić information content (AvgIpc) is 3.46. The number of esters is 3. The van der Waals surface area contributed by atoms with E-state index >= 15 is 0 Å². The maximum Gasteiger partial charge on any atom is 0.306 e. The second-order valence-electron chi connectivity index (χ2n) is 24.9. The quantitative estimate of drug-likeness (QED) is 0.0261. The zero-order valence-corrected chi connectivity index (χ0v) is 54.4. The van der Waals surface area contributed by atoms with Crippen LogP contribution >= 0.6 is 0 Å². The van der Waals surface area contributed by atoms with Crippen LogP contribution in [0.2, 0.25) is 0 Å². The molecule has 0 radical (unpaired) electrons. The van der Waals surface area contributed by atoms with Gasteiger partial charge in [0.15, 0.2) is 6.10 Å². The Morgan fingerprint density at radius 1 is 0.237 bits per heavy atom. The van der Waals surface area contributed by atoms with Crippen LogP contribution in [0.1, 0.15) is 412 Å². The second kappa shape index (κ2) is 69.4. The Balaban J connectivity index is 4.24. The number of carbonyl (C=O) groups is 3. The summed E-state index contributed by atoms with van der Waals surface area (Å²) in [7, 11) is 0. The number of unbranched alkanes of at least 4 members (excludes halogenated alkanes) is 53. The highest BCUT2D eigenvalue weighted by Gasteiger charge is 2.19. The van der Waals surface area contributed by atoms with Gasteiger partial charge in [0.1, 0.15) is 13.2 Å². The fourth-order valence-electron chi connectivity index (χ4n) is 11.2. The highest BCUT2D eigenvalue weighted by molar-refractivity contribution is 5.71. The van der Waals surface area contributed by atoms with E-state index in [0.717, 1.165) is 57.8 Å². The van der Waals surface area contributed by atoms with Crippen molar-refractivity contribution in [3.63, 3.8) is 0 Å². The lowest BCUT2D eigenvalue weighted by Crippen LogP contribution is -2.30. The molecule has 0 aromatic heterocycles. The maximum atomic E-state index is 13.0. The summed E-state index contributed by atoms with van der Waals surface area (Å²) in [5.41, 5.74) is 0. The topological polar surface area (TPSA) is 78.9 Å². The van der Waals surface area contributed by atoms with Gasteiger partial charge in [-0.1, -0.05) is 347 Å². The van der Waals surface area contributed by atoms with E-state index < -0.39 is 6.10 Å². The van der Waals surface area contributed by atoms with E-state index in [9.17, 15) is 14.4 Å². The Bertz CT molecular complexity index is 1290. The molecule has 1 atom stereocenters. The number of hydrogen-bond donors (Lipinski definition) is 0. The number of ether oxygens (including phenoxy) is 3. The molecule has 80 heavy (non-hydrogen) atoms. The lowest BCUT2D eigenvalue weighted by molar-refractivity contribution is -0.167. The Morgan fingerprint density at radius 2 is 0.412 bits per heavy atom. The van der Waals surface area contributed by atoms with E-state index in [1.54, 1.807) is 0 Å². The first-order valence-corrected chi connectivity index (χ1v) is 36.3. The normalized spacial score (nSPS) is 12.1. The van der Waals surface area contributed by atoms with E-state index in [0.29, 0.717) is 19.3 Å². The van der Waals surface area contributed by atoms with Crippen molar-refractivity contribution < 1.29 is 28.6 Å². The fraction of sp³-hybridized carbons (Fsp3) is 0.905. The monoisotopic (exact) mass is 1130 g/mol. The van der Waals surface area contributed by atoms with Crippen molar-refractivity contribution in [2.45, 2.75) is 419 Å². The maximum absolute atomic E-state index is 13.0. The molecular formula is C74H140O6. The van der Waals surface area contributed by atoms with Gasteiger partial charge in [0, 0.05) is 19.3 Å².